The number of benzene rings is 2. The standard InChI is InChI=1S/C17H12Cl4/c1-17(9-18)8-13(10-2-4-11(19)5-3-10)16-14(17)6-12(20)7-15(16)21/h2-8H,9H2,1H3/t17-/m0/s1. The first-order valence-corrected chi connectivity index (χ1v) is 8.16. The summed E-state index contributed by atoms with van der Waals surface area (Å²) in [6.07, 6.45) is 2.16. The van der Waals surface area contributed by atoms with Gasteiger partial charge in [-0.25, -0.2) is 0 Å². The average molecular weight is 358 g/mol. The van der Waals surface area contributed by atoms with Crippen molar-refractivity contribution in [1.29, 1.82) is 0 Å². The molecule has 1 aliphatic rings. The molecule has 0 aromatic heterocycles. The van der Waals surface area contributed by atoms with E-state index in [0.717, 1.165) is 22.3 Å². The average Bonchev–Trinajstić information content (AvgIpc) is 2.74. The van der Waals surface area contributed by atoms with Crippen LogP contribution in [0.2, 0.25) is 15.1 Å². The molecule has 0 saturated carbocycles. The SMILES string of the molecule is C[C@@]1(CCl)C=C(c2ccc(Cl)cc2)c2c(Cl)cc(Cl)cc21. The molecule has 2 aromatic carbocycles. The van der Waals surface area contributed by atoms with Crippen LogP contribution in [0.3, 0.4) is 0 Å². The van der Waals surface area contributed by atoms with E-state index in [4.69, 9.17) is 46.4 Å². The van der Waals surface area contributed by atoms with Gasteiger partial charge in [-0.1, -0.05) is 59.9 Å². The Hall–Kier alpha value is -0.660. The summed E-state index contributed by atoms with van der Waals surface area (Å²) in [5, 5.41) is 1.98. The van der Waals surface area contributed by atoms with Crippen LogP contribution in [0.15, 0.2) is 42.5 Å². The van der Waals surface area contributed by atoms with Crippen LogP contribution < -0.4 is 0 Å². The zero-order valence-corrected chi connectivity index (χ0v) is 14.3. The summed E-state index contributed by atoms with van der Waals surface area (Å²) in [5.74, 6) is 0.466. The fraction of sp³-hybridized carbons (Fsp3) is 0.176. The maximum absolute atomic E-state index is 6.44. The van der Waals surface area contributed by atoms with Gasteiger partial charge in [0.25, 0.3) is 0 Å². The van der Waals surface area contributed by atoms with E-state index in [0.29, 0.717) is 20.9 Å². The van der Waals surface area contributed by atoms with Crippen molar-refractivity contribution in [3.05, 3.63) is 74.2 Å². The van der Waals surface area contributed by atoms with Gasteiger partial charge in [0.1, 0.15) is 0 Å². The molecule has 1 aliphatic carbocycles. The first kappa shape index (κ1) is 15.2. The zero-order valence-electron chi connectivity index (χ0n) is 11.3. The third-order valence-electron chi connectivity index (χ3n) is 3.84. The summed E-state index contributed by atoms with van der Waals surface area (Å²) < 4.78 is 0. The number of halogens is 4. The highest BCUT2D eigenvalue weighted by Crippen LogP contribution is 2.48. The van der Waals surface area contributed by atoms with Crippen LogP contribution in [0.5, 0.6) is 0 Å². The van der Waals surface area contributed by atoms with Gasteiger partial charge in [-0.15, -0.1) is 11.6 Å². The number of allylic oxidation sites excluding steroid dienone is 1. The van der Waals surface area contributed by atoms with E-state index >= 15 is 0 Å². The van der Waals surface area contributed by atoms with Gasteiger partial charge < -0.3 is 0 Å². The first-order valence-electron chi connectivity index (χ1n) is 6.49. The quantitative estimate of drug-likeness (QED) is 0.532. The van der Waals surface area contributed by atoms with E-state index in [2.05, 4.69) is 13.0 Å². The molecule has 0 aliphatic heterocycles. The van der Waals surface area contributed by atoms with Gasteiger partial charge in [-0.05, 0) is 41.0 Å². The smallest absolute Gasteiger partial charge is 0.0502 e. The van der Waals surface area contributed by atoms with E-state index in [-0.39, 0.29) is 5.41 Å². The maximum atomic E-state index is 6.44. The summed E-state index contributed by atoms with van der Waals surface area (Å²) >= 11 is 24.8. The molecule has 0 N–H and O–H groups in total. The third kappa shape index (κ3) is 2.59. The van der Waals surface area contributed by atoms with Crippen molar-refractivity contribution in [1.82, 2.24) is 0 Å². The monoisotopic (exact) mass is 356 g/mol. The lowest BCUT2D eigenvalue weighted by Gasteiger charge is -2.21. The predicted octanol–water partition coefficient (Wildman–Crippen LogP) is 6.59. The molecule has 108 valence electrons. The number of rotatable bonds is 2. The molecule has 0 unspecified atom stereocenters. The van der Waals surface area contributed by atoms with Gasteiger partial charge in [-0.2, -0.15) is 0 Å². The van der Waals surface area contributed by atoms with Gasteiger partial charge >= 0.3 is 0 Å². The first-order chi connectivity index (χ1) is 9.94. The van der Waals surface area contributed by atoms with E-state index in [1.807, 2.05) is 30.3 Å². The fourth-order valence-corrected chi connectivity index (χ4v) is 3.68. The Morgan fingerprint density at radius 3 is 2.24 bits per heavy atom. The topological polar surface area (TPSA) is 0 Å². The minimum absolute atomic E-state index is 0.277. The van der Waals surface area contributed by atoms with Gasteiger partial charge in [-0.3, -0.25) is 0 Å². The Morgan fingerprint density at radius 1 is 0.952 bits per heavy atom. The molecule has 0 radical (unpaired) electrons. The second-order valence-corrected chi connectivity index (χ2v) is 6.97. The third-order valence-corrected chi connectivity index (χ3v) is 5.16. The van der Waals surface area contributed by atoms with Crippen molar-refractivity contribution in [2.75, 3.05) is 5.88 Å². The summed E-state index contributed by atoms with van der Waals surface area (Å²) in [4.78, 5) is 0. The van der Waals surface area contributed by atoms with Crippen LogP contribution in [0.1, 0.15) is 23.6 Å². The van der Waals surface area contributed by atoms with Crippen LogP contribution in [0.4, 0.5) is 0 Å². The summed E-state index contributed by atoms with van der Waals surface area (Å²) in [6.45, 7) is 2.09. The van der Waals surface area contributed by atoms with Crippen molar-refractivity contribution < 1.29 is 0 Å². The Bertz CT molecular complexity index is 731. The highest BCUT2D eigenvalue weighted by atomic mass is 35.5. The number of hydrogen-bond acceptors (Lipinski definition) is 0. The molecule has 0 saturated heterocycles. The highest BCUT2D eigenvalue weighted by Gasteiger charge is 2.35. The maximum Gasteiger partial charge on any atom is 0.0502 e. The van der Waals surface area contributed by atoms with Crippen molar-refractivity contribution >= 4 is 52.0 Å². The highest BCUT2D eigenvalue weighted by molar-refractivity contribution is 6.36. The molecule has 0 fully saturated rings. The normalized spacial score (nSPS) is 20.3. The molecule has 1 atom stereocenters. The Labute approximate surface area is 144 Å². The lowest BCUT2D eigenvalue weighted by molar-refractivity contribution is 0.691. The lowest BCUT2D eigenvalue weighted by Crippen LogP contribution is -2.18. The molecule has 0 bridgehead atoms. The Balaban J connectivity index is 2.25. The number of fused-ring (bicyclic) bond motifs is 1. The molecule has 3 rings (SSSR count). The van der Waals surface area contributed by atoms with Crippen LogP contribution in [-0.2, 0) is 5.41 Å². The Morgan fingerprint density at radius 2 is 1.62 bits per heavy atom. The molecule has 0 spiro atoms. The lowest BCUT2D eigenvalue weighted by atomic mass is 9.87. The summed E-state index contributed by atoms with van der Waals surface area (Å²) in [6, 6.07) is 11.4. The van der Waals surface area contributed by atoms with E-state index in [1.54, 1.807) is 6.07 Å². The fourth-order valence-electron chi connectivity index (χ4n) is 2.73. The molecular weight excluding hydrogens is 346 g/mol. The van der Waals surface area contributed by atoms with Crippen LogP contribution in [0, 0.1) is 0 Å². The van der Waals surface area contributed by atoms with E-state index in [9.17, 15) is 0 Å². The van der Waals surface area contributed by atoms with Crippen molar-refractivity contribution in [2.45, 2.75) is 12.3 Å². The van der Waals surface area contributed by atoms with Crippen LogP contribution in [0.25, 0.3) is 5.57 Å². The predicted molar refractivity (Wildman–Crippen MR) is 93.1 cm³/mol. The van der Waals surface area contributed by atoms with Crippen molar-refractivity contribution in [3.63, 3.8) is 0 Å². The number of hydrogen-bond donors (Lipinski definition) is 0. The van der Waals surface area contributed by atoms with Gasteiger partial charge in [0.2, 0.25) is 0 Å². The molecule has 2 aromatic rings. The molecule has 0 nitrogen and oxygen atoms in total. The van der Waals surface area contributed by atoms with Gasteiger partial charge in [0.05, 0.1) is 5.02 Å². The number of alkyl halides is 1. The zero-order chi connectivity index (χ0) is 15.2. The second-order valence-electron chi connectivity index (χ2n) is 5.43. The molecule has 0 heterocycles. The summed E-state index contributed by atoms with van der Waals surface area (Å²) in [5.41, 5.74) is 3.94. The van der Waals surface area contributed by atoms with Crippen molar-refractivity contribution in [2.24, 2.45) is 0 Å². The van der Waals surface area contributed by atoms with Crippen LogP contribution >= 0.6 is 46.4 Å². The molecule has 21 heavy (non-hydrogen) atoms. The van der Waals surface area contributed by atoms with Gasteiger partial charge in [0, 0.05) is 26.9 Å². The second kappa shape index (κ2) is 5.52. The Kier molecular flexibility index (Phi) is 4.00. The van der Waals surface area contributed by atoms with Gasteiger partial charge in [0.15, 0.2) is 0 Å². The van der Waals surface area contributed by atoms with E-state index < -0.39 is 0 Å². The largest absolute Gasteiger partial charge is 0.125 e. The minimum atomic E-state index is -0.277. The van der Waals surface area contributed by atoms with E-state index in [1.165, 1.54) is 0 Å². The van der Waals surface area contributed by atoms with Crippen molar-refractivity contribution in [3.8, 4) is 0 Å². The molecule has 4 heteroatoms. The van der Waals surface area contributed by atoms with Crippen LogP contribution in [-0.4, -0.2) is 5.88 Å². The summed E-state index contributed by atoms with van der Waals surface area (Å²) in [7, 11) is 0. The minimum Gasteiger partial charge on any atom is -0.125 e. The molecular formula is C17H12Cl4. The molecule has 0 amide bonds.